The lowest BCUT2D eigenvalue weighted by molar-refractivity contribution is 0.165. The van der Waals surface area contributed by atoms with Gasteiger partial charge in [0.25, 0.3) is 0 Å². The molecule has 0 bridgehead atoms. The molecule has 0 aromatic carbocycles. The van der Waals surface area contributed by atoms with E-state index >= 15 is 0 Å². The van der Waals surface area contributed by atoms with Crippen molar-refractivity contribution in [2.45, 2.75) is 12.2 Å². The summed E-state index contributed by atoms with van der Waals surface area (Å²) in [6.45, 7) is 3.21. The summed E-state index contributed by atoms with van der Waals surface area (Å²) in [6.07, 6.45) is 0. The molecule has 0 radical (unpaired) electrons. The lowest BCUT2D eigenvalue weighted by Crippen LogP contribution is -1.97. The van der Waals surface area contributed by atoms with Gasteiger partial charge in [0.2, 0.25) is 0 Å². The van der Waals surface area contributed by atoms with Gasteiger partial charge in [-0.1, -0.05) is 12.2 Å². The zero-order valence-electron chi connectivity index (χ0n) is 7.03. The zero-order valence-corrected chi connectivity index (χ0v) is 11.2. The predicted molar refractivity (Wildman–Crippen MR) is 60.2 cm³/mol. The van der Waals surface area contributed by atoms with Crippen molar-refractivity contribution in [3.63, 3.8) is 0 Å². The van der Waals surface area contributed by atoms with Crippen LogP contribution in [-0.4, -0.2) is 37.3 Å². The highest BCUT2D eigenvalue weighted by Crippen LogP contribution is 1.98. The van der Waals surface area contributed by atoms with Crippen LogP contribution in [0.5, 0.6) is 0 Å². The molecule has 0 amide bonds. The summed E-state index contributed by atoms with van der Waals surface area (Å²) in [7, 11) is 10.7. The van der Waals surface area contributed by atoms with E-state index in [2.05, 4.69) is 0 Å². The second-order valence-electron chi connectivity index (χ2n) is 1.79. The Hall–Kier alpha value is 1.65. The van der Waals surface area contributed by atoms with Crippen molar-refractivity contribution in [3.05, 3.63) is 0 Å². The molecule has 0 heterocycles. The maximum Gasteiger partial charge on any atom is 0.519 e. The molecular weight excluding hydrogens is 257 g/mol. The first-order valence-corrected chi connectivity index (χ1v) is 9.04. The van der Waals surface area contributed by atoms with Crippen molar-refractivity contribution >= 4 is 55.6 Å². The van der Waals surface area contributed by atoms with Gasteiger partial charge in [-0.3, -0.25) is 0 Å². The van der Waals surface area contributed by atoms with Gasteiger partial charge in [-0.05, 0) is 0 Å². The normalized spacial score (nSPS) is 8.75. The lowest BCUT2D eigenvalue weighted by atomic mass is 10.8. The van der Waals surface area contributed by atoms with Gasteiger partial charge in [0, 0.05) is 11.8 Å². The molecule has 0 unspecified atom stereocenters. The van der Waals surface area contributed by atoms with Crippen molar-refractivity contribution in [2.75, 3.05) is 25.0 Å². The molecular formula is C6H13AlCl4O. The smallest absolute Gasteiger partial charge is 0.379 e. The molecule has 6 heteroatoms. The minimum Gasteiger partial charge on any atom is -0.379 e. The van der Waals surface area contributed by atoms with Crippen molar-refractivity contribution < 1.29 is 4.74 Å². The van der Waals surface area contributed by atoms with Gasteiger partial charge in [-0.2, -0.15) is 0 Å². The van der Waals surface area contributed by atoms with E-state index < -0.39 is 12.3 Å². The van der Waals surface area contributed by atoms with Gasteiger partial charge in [-0.15, -0.1) is 23.2 Å². The van der Waals surface area contributed by atoms with Crippen LogP contribution in [0.15, 0.2) is 0 Å². The largest absolute Gasteiger partial charge is 0.519 e. The molecule has 0 rings (SSSR count). The minimum absolute atomic E-state index is 0.552. The lowest BCUT2D eigenvalue weighted by Gasteiger charge is -1.93. The van der Waals surface area contributed by atoms with Crippen molar-refractivity contribution in [1.82, 2.24) is 0 Å². The van der Waals surface area contributed by atoms with Crippen LogP contribution in [0.2, 0.25) is 5.28 Å². The molecule has 0 aliphatic rings. The Balaban J connectivity index is 0. The van der Waals surface area contributed by atoms with Crippen molar-refractivity contribution in [3.8, 4) is 0 Å². The number of halogens is 4. The number of rotatable bonds is 5. The fourth-order valence-corrected chi connectivity index (χ4v) is 0.429. The van der Waals surface area contributed by atoms with E-state index in [-0.39, 0.29) is 0 Å². The van der Waals surface area contributed by atoms with Crippen molar-refractivity contribution in [2.24, 2.45) is 0 Å². The maximum absolute atomic E-state index is 5.37. The standard InChI is InChI=1S/C4H8Cl2O.C2H5.Al.2ClH/c5-1-3-7-4-2-6;1-2;;;/h1-4H2;1H2,2H3;;2*1H/q;;+2;;/p-2. The van der Waals surface area contributed by atoms with E-state index in [1.165, 1.54) is 0 Å². The van der Waals surface area contributed by atoms with Crippen LogP contribution in [0.25, 0.3) is 0 Å². The number of hydrogen-bond donors (Lipinski definition) is 0. The number of ether oxygens (including phenoxy) is 1. The molecule has 0 atom stereocenters. The van der Waals surface area contributed by atoms with Gasteiger partial charge in [0.1, 0.15) is 0 Å². The second kappa shape index (κ2) is 15.1. The predicted octanol–water partition coefficient (Wildman–Crippen LogP) is 3.45. The van der Waals surface area contributed by atoms with E-state index in [0.717, 1.165) is 5.28 Å². The fraction of sp³-hybridized carbons (Fsp3) is 1.00. The molecule has 12 heavy (non-hydrogen) atoms. The fourth-order valence-electron chi connectivity index (χ4n) is 0.211. The number of hydrogen-bond acceptors (Lipinski definition) is 1. The third-order valence-corrected chi connectivity index (χ3v) is 3.53. The molecule has 0 aromatic rings. The van der Waals surface area contributed by atoms with Crippen LogP contribution in [0, 0.1) is 0 Å². The molecule has 0 aliphatic heterocycles. The summed E-state index contributed by atoms with van der Waals surface area (Å²) >= 11 is 9.33. The maximum atomic E-state index is 5.37. The van der Waals surface area contributed by atoms with E-state index in [0.29, 0.717) is 25.0 Å². The first kappa shape index (κ1) is 16.1. The first-order chi connectivity index (χ1) is 5.68. The molecule has 1 nitrogen and oxygen atoms in total. The van der Waals surface area contributed by atoms with E-state index in [4.69, 9.17) is 48.0 Å². The van der Waals surface area contributed by atoms with Gasteiger partial charge in [0.05, 0.1) is 13.2 Å². The Morgan fingerprint density at radius 3 is 1.58 bits per heavy atom. The first-order valence-electron chi connectivity index (χ1n) is 3.66. The Kier molecular flexibility index (Phi) is 20.3. The molecule has 0 N–H and O–H groups in total. The van der Waals surface area contributed by atoms with Crippen LogP contribution in [0.1, 0.15) is 6.92 Å². The Morgan fingerprint density at radius 2 is 1.42 bits per heavy atom. The Bertz CT molecular complexity index is 70.6. The van der Waals surface area contributed by atoms with Crippen LogP contribution in [-0.2, 0) is 4.74 Å². The average Bonchev–Trinajstić information content (AvgIpc) is 2.07. The molecule has 0 saturated heterocycles. The van der Waals surface area contributed by atoms with E-state index in [1.54, 1.807) is 0 Å². The molecule has 0 saturated carbocycles. The zero-order chi connectivity index (χ0) is 9.82. The Labute approximate surface area is 97.1 Å². The van der Waals surface area contributed by atoms with Crippen LogP contribution < -0.4 is 0 Å². The summed E-state index contributed by atoms with van der Waals surface area (Å²) in [4.78, 5) is 0. The SMILES string of the molecule is C[CH2][Al]([Cl])[Cl].ClCCOCCCl. The summed E-state index contributed by atoms with van der Waals surface area (Å²) in [5, 5.41) is 0.975. The number of alkyl halides is 2. The summed E-state index contributed by atoms with van der Waals surface area (Å²) in [5.41, 5.74) is 0. The Morgan fingerprint density at radius 1 is 1.08 bits per heavy atom. The molecule has 0 fully saturated rings. The summed E-state index contributed by atoms with van der Waals surface area (Å²) in [5.74, 6) is 1.10. The minimum atomic E-state index is -1.21. The topological polar surface area (TPSA) is 9.23 Å². The third-order valence-electron chi connectivity index (χ3n) is 0.752. The van der Waals surface area contributed by atoms with Gasteiger partial charge >= 0.3 is 12.3 Å². The second-order valence-corrected chi connectivity index (χ2v) is 7.98. The average molecular weight is 270 g/mol. The van der Waals surface area contributed by atoms with E-state index in [9.17, 15) is 0 Å². The highest BCUT2D eigenvalue weighted by molar-refractivity contribution is 7.33. The monoisotopic (exact) mass is 268 g/mol. The summed E-state index contributed by atoms with van der Waals surface area (Å²) in [6, 6.07) is 0. The van der Waals surface area contributed by atoms with Crippen LogP contribution in [0.4, 0.5) is 0 Å². The van der Waals surface area contributed by atoms with Crippen molar-refractivity contribution in [1.29, 1.82) is 0 Å². The quantitative estimate of drug-likeness (QED) is 0.422. The molecule has 0 spiro atoms. The van der Waals surface area contributed by atoms with Gasteiger partial charge in [0.15, 0.2) is 0 Å². The molecule has 0 aliphatic carbocycles. The molecule has 74 valence electrons. The van der Waals surface area contributed by atoms with Crippen LogP contribution in [0.3, 0.4) is 0 Å². The van der Waals surface area contributed by atoms with Gasteiger partial charge in [-0.25, -0.2) is 20.1 Å². The third kappa shape index (κ3) is 22.6. The highest BCUT2D eigenvalue weighted by atomic mass is 35.7. The van der Waals surface area contributed by atoms with Crippen LogP contribution >= 0.6 is 43.3 Å². The molecule has 0 aromatic heterocycles. The van der Waals surface area contributed by atoms with Gasteiger partial charge < -0.3 is 4.74 Å². The van der Waals surface area contributed by atoms with E-state index in [1.807, 2.05) is 6.92 Å². The summed E-state index contributed by atoms with van der Waals surface area (Å²) < 4.78 is 4.87. The highest BCUT2D eigenvalue weighted by Gasteiger charge is 2.03.